The Bertz CT molecular complexity index is 429. The van der Waals surface area contributed by atoms with Crippen molar-refractivity contribution >= 4 is 23.5 Å². The monoisotopic (exact) mass is 273 g/mol. The molecule has 1 aromatic rings. The van der Waals surface area contributed by atoms with Crippen molar-refractivity contribution in [2.45, 2.75) is 6.92 Å². The Kier molecular flexibility index (Phi) is 5.08. The van der Waals surface area contributed by atoms with Crippen LogP contribution in [0.3, 0.4) is 0 Å². The van der Waals surface area contributed by atoms with Gasteiger partial charge in [0.25, 0.3) is 0 Å². The topological polar surface area (TPSA) is 80.2 Å². The zero-order chi connectivity index (χ0) is 13.7. The molecule has 1 unspecified atom stereocenters. The molecule has 100 valence electrons. The number of nitrogens with zero attached hydrogens (tertiary/aromatic N) is 4. The first-order valence-electron chi connectivity index (χ1n) is 5.36. The summed E-state index contributed by atoms with van der Waals surface area (Å²) in [6.07, 6.45) is 0. The second-order valence-electron chi connectivity index (χ2n) is 3.79. The zero-order valence-corrected chi connectivity index (χ0v) is 11.5. The molecular weight excluding hydrogens is 258 g/mol. The van der Waals surface area contributed by atoms with E-state index in [2.05, 4.69) is 20.3 Å². The predicted octanol–water partition coefficient (Wildman–Crippen LogP) is 0.352. The third-order valence-electron chi connectivity index (χ3n) is 2.34. The van der Waals surface area contributed by atoms with Crippen LogP contribution in [-0.2, 0) is 4.79 Å². The fraction of sp³-hybridized carbons (Fsp3) is 0.600. The first-order valence-corrected chi connectivity index (χ1v) is 5.74. The SMILES string of the molecule is CNC(=O)C(C)CN(C)c1nc(Cl)nc(OC)n1. The molecule has 0 saturated carbocycles. The highest BCUT2D eigenvalue weighted by atomic mass is 35.5. The number of ether oxygens (including phenoxy) is 1. The number of amides is 1. The Morgan fingerprint density at radius 2 is 2.17 bits per heavy atom. The summed E-state index contributed by atoms with van der Waals surface area (Å²) in [5.74, 6) is 0.123. The van der Waals surface area contributed by atoms with Crippen LogP contribution in [0.15, 0.2) is 0 Å². The van der Waals surface area contributed by atoms with Crippen LogP contribution >= 0.6 is 11.6 Å². The van der Waals surface area contributed by atoms with Gasteiger partial charge in [-0.3, -0.25) is 4.79 Å². The van der Waals surface area contributed by atoms with E-state index < -0.39 is 0 Å². The number of aromatic nitrogens is 3. The number of rotatable bonds is 5. The summed E-state index contributed by atoms with van der Waals surface area (Å²) < 4.78 is 4.91. The molecule has 0 aliphatic carbocycles. The molecule has 0 saturated heterocycles. The summed E-state index contributed by atoms with van der Waals surface area (Å²) in [5, 5.41) is 2.64. The fourth-order valence-corrected chi connectivity index (χ4v) is 1.55. The van der Waals surface area contributed by atoms with Crippen molar-refractivity contribution in [2.75, 3.05) is 32.6 Å². The smallest absolute Gasteiger partial charge is 0.322 e. The third-order valence-corrected chi connectivity index (χ3v) is 2.51. The minimum absolute atomic E-state index is 0.0473. The van der Waals surface area contributed by atoms with Gasteiger partial charge < -0.3 is 15.0 Å². The third kappa shape index (κ3) is 3.69. The number of nitrogens with one attached hydrogen (secondary N) is 1. The molecule has 1 atom stereocenters. The minimum Gasteiger partial charge on any atom is -0.467 e. The van der Waals surface area contributed by atoms with Gasteiger partial charge in [-0.1, -0.05) is 6.92 Å². The van der Waals surface area contributed by atoms with Crippen molar-refractivity contribution in [2.24, 2.45) is 5.92 Å². The van der Waals surface area contributed by atoms with Crippen LogP contribution in [0.25, 0.3) is 0 Å². The Labute approximate surface area is 111 Å². The fourth-order valence-electron chi connectivity index (χ4n) is 1.41. The molecule has 0 radical (unpaired) electrons. The molecule has 8 heteroatoms. The highest BCUT2D eigenvalue weighted by molar-refractivity contribution is 6.28. The molecule has 1 rings (SSSR count). The summed E-state index contributed by atoms with van der Waals surface area (Å²) in [6, 6.07) is 0.143. The molecule has 0 aliphatic heterocycles. The summed E-state index contributed by atoms with van der Waals surface area (Å²) in [6.45, 7) is 2.28. The van der Waals surface area contributed by atoms with Gasteiger partial charge in [-0.15, -0.1) is 0 Å². The first-order chi connectivity index (χ1) is 8.47. The molecule has 7 nitrogen and oxygen atoms in total. The number of carbonyl (C=O) groups is 1. The second-order valence-corrected chi connectivity index (χ2v) is 4.13. The van der Waals surface area contributed by atoms with E-state index >= 15 is 0 Å². The summed E-state index contributed by atoms with van der Waals surface area (Å²) in [5.41, 5.74) is 0. The van der Waals surface area contributed by atoms with E-state index in [0.717, 1.165) is 0 Å². The molecular formula is C10H16ClN5O2. The van der Waals surface area contributed by atoms with Gasteiger partial charge in [-0.25, -0.2) is 0 Å². The maximum atomic E-state index is 11.4. The van der Waals surface area contributed by atoms with Crippen molar-refractivity contribution in [3.63, 3.8) is 0 Å². The number of halogens is 1. The van der Waals surface area contributed by atoms with Crippen LogP contribution in [0.1, 0.15) is 6.92 Å². The summed E-state index contributed by atoms with van der Waals surface area (Å²) in [4.78, 5) is 25.0. The largest absolute Gasteiger partial charge is 0.467 e. The van der Waals surface area contributed by atoms with Crippen LogP contribution in [0.5, 0.6) is 6.01 Å². The maximum absolute atomic E-state index is 11.4. The molecule has 1 heterocycles. The van der Waals surface area contributed by atoms with Crippen molar-refractivity contribution in [1.82, 2.24) is 20.3 Å². The van der Waals surface area contributed by atoms with Crippen molar-refractivity contribution in [3.05, 3.63) is 5.28 Å². The molecule has 1 aromatic heterocycles. The average molecular weight is 274 g/mol. The number of hydrogen-bond acceptors (Lipinski definition) is 6. The number of methoxy groups -OCH3 is 1. The zero-order valence-electron chi connectivity index (χ0n) is 10.8. The standard InChI is InChI=1S/C10H16ClN5O2/c1-6(7(17)12-2)5-16(3)9-13-8(11)14-10(15-9)18-4/h6H,5H2,1-4H3,(H,12,17). The highest BCUT2D eigenvalue weighted by Gasteiger charge is 2.16. The van der Waals surface area contributed by atoms with Crippen LogP contribution < -0.4 is 15.0 Å². The molecule has 1 amide bonds. The van der Waals surface area contributed by atoms with Crippen molar-refractivity contribution in [1.29, 1.82) is 0 Å². The van der Waals surface area contributed by atoms with Gasteiger partial charge in [-0.05, 0) is 11.6 Å². The molecule has 18 heavy (non-hydrogen) atoms. The molecule has 0 spiro atoms. The Hall–Kier alpha value is -1.63. The Morgan fingerprint density at radius 3 is 2.72 bits per heavy atom. The first kappa shape index (κ1) is 14.4. The van der Waals surface area contributed by atoms with Gasteiger partial charge in [0, 0.05) is 20.6 Å². The van der Waals surface area contributed by atoms with Crippen LogP contribution in [0.4, 0.5) is 5.95 Å². The predicted molar refractivity (Wildman–Crippen MR) is 67.9 cm³/mol. The lowest BCUT2D eigenvalue weighted by Gasteiger charge is -2.20. The van der Waals surface area contributed by atoms with Crippen LogP contribution in [0.2, 0.25) is 5.28 Å². The minimum atomic E-state index is -0.193. The maximum Gasteiger partial charge on any atom is 0.322 e. The van der Waals surface area contributed by atoms with Crippen molar-refractivity contribution < 1.29 is 9.53 Å². The van der Waals surface area contributed by atoms with E-state index in [0.29, 0.717) is 12.5 Å². The Morgan fingerprint density at radius 1 is 1.50 bits per heavy atom. The van der Waals surface area contributed by atoms with E-state index in [1.54, 1.807) is 19.0 Å². The molecule has 0 aliphatic rings. The van der Waals surface area contributed by atoms with E-state index in [1.807, 2.05) is 6.92 Å². The molecule has 0 fully saturated rings. The molecule has 0 bridgehead atoms. The highest BCUT2D eigenvalue weighted by Crippen LogP contribution is 2.14. The van der Waals surface area contributed by atoms with E-state index in [1.165, 1.54) is 7.11 Å². The lowest BCUT2D eigenvalue weighted by atomic mass is 10.1. The normalized spacial score (nSPS) is 11.8. The van der Waals surface area contributed by atoms with Gasteiger partial charge in [0.1, 0.15) is 0 Å². The lowest BCUT2D eigenvalue weighted by Crippen LogP contribution is -2.35. The van der Waals surface area contributed by atoms with Gasteiger partial charge in [-0.2, -0.15) is 15.0 Å². The number of anilines is 1. The van der Waals surface area contributed by atoms with Crippen molar-refractivity contribution in [3.8, 4) is 6.01 Å². The molecule has 0 aromatic carbocycles. The van der Waals surface area contributed by atoms with E-state index in [9.17, 15) is 4.79 Å². The van der Waals surface area contributed by atoms with Gasteiger partial charge in [0.15, 0.2) is 0 Å². The van der Waals surface area contributed by atoms with Crippen LogP contribution in [-0.4, -0.2) is 48.6 Å². The van der Waals surface area contributed by atoms with Gasteiger partial charge >= 0.3 is 6.01 Å². The Balaban J connectivity index is 2.80. The summed E-state index contributed by atoms with van der Waals surface area (Å²) >= 11 is 5.75. The van der Waals surface area contributed by atoms with Gasteiger partial charge in [0.2, 0.25) is 17.1 Å². The van der Waals surface area contributed by atoms with Gasteiger partial charge in [0.05, 0.1) is 13.0 Å². The number of hydrogen-bond donors (Lipinski definition) is 1. The summed E-state index contributed by atoms with van der Waals surface area (Å²) in [7, 11) is 4.81. The van der Waals surface area contributed by atoms with E-state index in [4.69, 9.17) is 16.3 Å². The lowest BCUT2D eigenvalue weighted by molar-refractivity contribution is -0.123. The quantitative estimate of drug-likeness (QED) is 0.834. The molecule has 1 N–H and O–H groups in total. The van der Waals surface area contributed by atoms with Crippen LogP contribution in [0, 0.1) is 5.92 Å². The number of carbonyl (C=O) groups excluding carboxylic acids is 1. The van der Waals surface area contributed by atoms with E-state index in [-0.39, 0.29) is 23.1 Å². The average Bonchev–Trinajstić information content (AvgIpc) is 2.36. The second kappa shape index (κ2) is 6.34.